The molecule has 0 aliphatic rings. The number of pyridine rings is 1. The lowest BCUT2D eigenvalue weighted by Gasteiger charge is -2.30. The second-order valence-electron chi connectivity index (χ2n) is 8.76. The Kier molecular flexibility index (Phi) is 8.06. The van der Waals surface area contributed by atoms with Crippen molar-refractivity contribution in [3.63, 3.8) is 0 Å². The van der Waals surface area contributed by atoms with Gasteiger partial charge in [-0.25, -0.2) is 4.57 Å². The van der Waals surface area contributed by atoms with E-state index in [-0.39, 0.29) is 10.8 Å². The smallest absolute Gasteiger partial charge is 0.171 e. The zero-order chi connectivity index (χ0) is 20.6. The summed E-state index contributed by atoms with van der Waals surface area (Å²) in [6.07, 6.45) is 6.30. The molecule has 3 nitrogen and oxygen atoms in total. The predicted octanol–water partition coefficient (Wildman–Crippen LogP) is 5.44. The van der Waals surface area contributed by atoms with Gasteiger partial charge >= 0.3 is 0 Å². The lowest BCUT2D eigenvalue weighted by atomic mass is 9.76. The van der Waals surface area contributed by atoms with Crippen LogP contribution in [0.5, 0.6) is 5.75 Å². The van der Waals surface area contributed by atoms with E-state index in [1.807, 2.05) is 18.2 Å². The molecule has 154 valence electrons. The molecule has 0 saturated carbocycles. The van der Waals surface area contributed by atoms with E-state index in [9.17, 15) is 0 Å². The predicted molar refractivity (Wildman–Crippen MR) is 116 cm³/mol. The van der Waals surface area contributed by atoms with Gasteiger partial charge in [0.1, 0.15) is 19.0 Å². The Morgan fingerprint density at radius 3 is 2.14 bits per heavy atom. The van der Waals surface area contributed by atoms with Gasteiger partial charge in [-0.3, -0.25) is 0 Å². The second-order valence-corrected chi connectivity index (χ2v) is 8.76. The SMILES string of the molecule is CCC(C)(C)c1ccc(OCCOCC[n+]2ccccc2)c(C(C)(C)CC)c1. The summed E-state index contributed by atoms with van der Waals surface area (Å²) in [5, 5.41) is 0. The van der Waals surface area contributed by atoms with E-state index >= 15 is 0 Å². The van der Waals surface area contributed by atoms with Crippen molar-refractivity contribution >= 4 is 0 Å². The van der Waals surface area contributed by atoms with E-state index < -0.39 is 0 Å². The molecule has 0 N–H and O–H groups in total. The van der Waals surface area contributed by atoms with Crippen molar-refractivity contribution in [2.24, 2.45) is 0 Å². The van der Waals surface area contributed by atoms with E-state index in [0.717, 1.165) is 25.1 Å². The molecule has 1 aromatic heterocycles. The van der Waals surface area contributed by atoms with Crippen molar-refractivity contribution in [2.75, 3.05) is 19.8 Å². The summed E-state index contributed by atoms with van der Waals surface area (Å²) in [7, 11) is 0. The van der Waals surface area contributed by atoms with E-state index in [2.05, 4.69) is 76.7 Å². The van der Waals surface area contributed by atoms with Crippen LogP contribution in [0.2, 0.25) is 0 Å². The molecule has 0 spiro atoms. The molecule has 0 bridgehead atoms. The van der Waals surface area contributed by atoms with Crippen molar-refractivity contribution in [3.05, 3.63) is 59.9 Å². The van der Waals surface area contributed by atoms with Crippen LogP contribution in [-0.4, -0.2) is 19.8 Å². The Balaban J connectivity index is 1.96. The molecule has 0 aliphatic heterocycles. The molecule has 0 fully saturated rings. The summed E-state index contributed by atoms with van der Waals surface area (Å²) in [5.41, 5.74) is 2.94. The Labute approximate surface area is 171 Å². The molecule has 1 aromatic carbocycles. The lowest BCUT2D eigenvalue weighted by molar-refractivity contribution is -0.698. The van der Waals surface area contributed by atoms with Gasteiger partial charge in [-0.1, -0.05) is 59.7 Å². The van der Waals surface area contributed by atoms with Crippen LogP contribution in [0.3, 0.4) is 0 Å². The van der Waals surface area contributed by atoms with Crippen LogP contribution in [0.4, 0.5) is 0 Å². The molecule has 2 aromatic rings. The minimum atomic E-state index is 0.0833. The standard InChI is InChI=1S/C25H38NO2/c1-7-24(3,4)21-12-13-23(22(20-21)25(5,6)8-2)28-19-18-27-17-16-26-14-10-9-11-15-26/h9-15,20H,7-8,16-19H2,1-6H3/q+1. The van der Waals surface area contributed by atoms with E-state index in [0.29, 0.717) is 19.8 Å². The Morgan fingerprint density at radius 1 is 0.821 bits per heavy atom. The Hall–Kier alpha value is -1.87. The van der Waals surface area contributed by atoms with Crippen LogP contribution < -0.4 is 9.30 Å². The van der Waals surface area contributed by atoms with Gasteiger partial charge in [0.25, 0.3) is 0 Å². The maximum absolute atomic E-state index is 6.15. The number of hydrogen-bond donors (Lipinski definition) is 0. The van der Waals surface area contributed by atoms with E-state index in [1.54, 1.807) is 0 Å². The molecule has 0 saturated heterocycles. The highest BCUT2D eigenvalue weighted by Gasteiger charge is 2.26. The number of rotatable bonds is 11. The van der Waals surface area contributed by atoms with E-state index in [4.69, 9.17) is 9.47 Å². The molecule has 0 amide bonds. The monoisotopic (exact) mass is 384 g/mol. The zero-order valence-corrected chi connectivity index (χ0v) is 18.6. The molecular formula is C25H38NO2+. The average Bonchev–Trinajstić information content (AvgIpc) is 2.71. The molecule has 2 rings (SSSR count). The van der Waals surface area contributed by atoms with Gasteiger partial charge in [0.15, 0.2) is 18.9 Å². The van der Waals surface area contributed by atoms with Crippen molar-refractivity contribution in [2.45, 2.75) is 71.8 Å². The van der Waals surface area contributed by atoms with Crippen LogP contribution in [0.15, 0.2) is 48.8 Å². The molecule has 0 aliphatic carbocycles. The maximum atomic E-state index is 6.15. The Bertz CT molecular complexity index is 723. The Morgan fingerprint density at radius 2 is 1.50 bits per heavy atom. The molecule has 0 radical (unpaired) electrons. The fourth-order valence-electron chi connectivity index (χ4n) is 3.07. The van der Waals surface area contributed by atoms with Gasteiger partial charge in [0.2, 0.25) is 0 Å². The van der Waals surface area contributed by atoms with Gasteiger partial charge in [0.05, 0.1) is 6.61 Å². The number of nitrogens with zero attached hydrogens (tertiary/aromatic N) is 1. The average molecular weight is 385 g/mol. The quantitative estimate of drug-likeness (QED) is 0.380. The highest BCUT2D eigenvalue weighted by Crippen LogP contribution is 2.38. The summed E-state index contributed by atoms with van der Waals surface area (Å²) >= 11 is 0. The topological polar surface area (TPSA) is 22.3 Å². The maximum Gasteiger partial charge on any atom is 0.171 e. The highest BCUT2D eigenvalue weighted by molar-refractivity contribution is 5.44. The van der Waals surface area contributed by atoms with Gasteiger partial charge in [-0.05, 0) is 35.3 Å². The summed E-state index contributed by atoms with van der Waals surface area (Å²) in [4.78, 5) is 0. The van der Waals surface area contributed by atoms with E-state index in [1.165, 1.54) is 11.1 Å². The summed E-state index contributed by atoms with van der Waals surface area (Å²) in [6, 6.07) is 12.8. The van der Waals surface area contributed by atoms with Crippen LogP contribution in [0.1, 0.15) is 65.5 Å². The van der Waals surface area contributed by atoms with Crippen LogP contribution in [0.25, 0.3) is 0 Å². The summed E-state index contributed by atoms with van der Waals surface area (Å²) in [6.45, 7) is 16.4. The first-order valence-electron chi connectivity index (χ1n) is 10.6. The van der Waals surface area contributed by atoms with Crippen molar-refractivity contribution < 1.29 is 14.0 Å². The number of aromatic nitrogens is 1. The van der Waals surface area contributed by atoms with Crippen LogP contribution in [0, 0.1) is 0 Å². The third-order valence-electron chi connectivity index (χ3n) is 6.01. The second kappa shape index (κ2) is 10.1. The van der Waals surface area contributed by atoms with Gasteiger partial charge in [0, 0.05) is 17.7 Å². The fraction of sp³-hybridized carbons (Fsp3) is 0.560. The minimum Gasteiger partial charge on any atom is -0.491 e. The largest absolute Gasteiger partial charge is 0.491 e. The van der Waals surface area contributed by atoms with Gasteiger partial charge in [-0.2, -0.15) is 0 Å². The van der Waals surface area contributed by atoms with Crippen molar-refractivity contribution in [1.82, 2.24) is 0 Å². The van der Waals surface area contributed by atoms with Crippen molar-refractivity contribution in [3.8, 4) is 5.75 Å². The lowest BCUT2D eigenvalue weighted by Crippen LogP contribution is -2.35. The van der Waals surface area contributed by atoms with Crippen LogP contribution in [-0.2, 0) is 22.1 Å². The van der Waals surface area contributed by atoms with Gasteiger partial charge < -0.3 is 9.47 Å². The first kappa shape index (κ1) is 22.4. The number of hydrogen-bond acceptors (Lipinski definition) is 2. The fourth-order valence-corrected chi connectivity index (χ4v) is 3.07. The first-order chi connectivity index (χ1) is 13.3. The van der Waals surface area contributed by atoms with Gasteiger partial charge in [-0.15, -0.1) is 0 Å². The molecule has 1 heterocycles. The third-order valence-corrected chi connectivity index (χ3v) is 6.01. The first-order valence-corrected chi connectivity index (χ1v) is 10.6. The minimum absolute atomic E-state index is 0.0833. The number of ether oxygens (including phenoxy) is 2. The highest BCUT2D eigenvalue weighted by atomic mass is 16.5. The summed E-state index contributed by atoms with van der Waals surface area (Å²) in [5.74, 6) is 0.989. The molecule has 0 atom stereocenters. The normalized spacial score (nSPS) is 12.2. The summed E-state index contributed by atoms with van der Waals surface area (Å²) < 4.78 is 14.0. The third kappa shape index (κ3) is 6.07. The molecule has 3 heteroatoms. The molecule has 0 unspecified atom stereocenters. The molecule has 28 heavy (non-hydrogen) atoms. The molecular weight excluding hydrogens is 346 g/mol. The van der Waals surface area contributed by atoms with Crippen molar-refractivity contribution in [1.29, 1.82) is 0 Å². The van der Waals surface area contributed by atoms with Crippen LogP contribution >= 0.6 is 0 Å². The zero-order valence-electron chi connectivity index (χ0n) is 18.6. The number of benzene rings is 1.